The molecule has 1 aliphatic carbocycles. The van der Waals surface area contributed by atoms with Crippen LogP contribution in [0, 0.1) is 60.7 Å². The SMILES string of the molecule is CC1([N+](=O)[O-])C=CC([N+](=O)[O-])C([N+](=O)[O-])([N+](=O)[O-])C1([N+](=O)[O-])[N+](=O)[O-]. The van der Waals surface area contributed by atoms with E-state index in [4.69, 9.17) is 0 Å². The van der Waals surface area contributed by atoms with Gasteiger partial charge in [0.15, 0.2) is 0 Å². The molecular formula is C7H6N6O12. The number of rotatable bonds is 6. The number of hydrogen-bond acceptors (Lipinski definition) is 12. The van der Waals surface area contributed by atoms with E-state index in [2.05, 4.69) is 0 Å². The maximum Gasteiger partial charge on any atom is 0.674 e. The lowest BCUT2D eigenvalue weighted by molar-refractivity contribution is -0.975. The van der Waals surface area contributed by atoms with Gasteiger partial charge in [-0.15, -0.1) is 0 Å². The van der Waals surface area contributed by atoms with Crippen LogP contribution in [0.1, 0.15) is 6.92 Å². The van der Waals surface area contributed by atoms with Crippen molar-refractivity contribution < 1.29 is 29.5 Å². The highest BCUT2D eigenvalue weighted by atomic mass is 16.7. The summed E-state index contributed by atoms with van der Waals surface area (Å²) in [5, 5.41) is 67.8. The lowest BCUT2D eigenvalue weighted by Crippen LogP contribution is -2.86. The minimum atomic E-state index is -4.82. The fourth-order valence-corrected chi connectivity index (χ4v) is 2.76. The quantitative estimate of drug-likeness (QED) is 0.230. The molecule has 1 aliphatic rings. The summed E-state index contributed by atoms with van der Waals surface area (Å²) in [7, 11) is 0. The maximum absolute atomic E-state index is 11.4. The number of nitrogens with zero attached hydrogens (tertiary/aromatic N) is 6. The zero-order valence-corrected chi connectivity index (χ0v) is 11.8. The van der Waals surface area contributed by atoms with Gasteiger partial charge in [0.05, 0.1) is 0 Å². The van der Waals surface area contributed by atoms with Crippen molar-refractivity contribution in [2.24, 2.45) is 0 Å². The summed E-state index contributed by atoms with van der Waals surface area (Å²) in [6.07, 6.45) is 0.0109. The fraction of sp³-hybridized carbons (Fsp3) is 0.714. The van der Waals surface area contributed by atoms with Crippen LogP contribution in [0.3, 0.4) is 0 Å². The third kappa shape index (κ3) is 1.83. The van der Waals surface area contributed by atoms with Crippen molar-refractivity contribution >= 4 is 0 Å². The Bertz CT molecular complexity index is 716. The molecule has 2 atom stereocenters. The van der Waals surface area contributed by atoms with Gasteiger partial charge in [-0.3, -0.25) is 60.7 Å². The van der Waals surface area contributed by atoms with Gasteiger partial charge >= 0.3 is 22.9 Å². The monoisotopic (exact) mass is 366 g/mol. The van der Waals surface area contributed by atoms with E-state index in [1.54, 1.807) is 0 Å². The minimum absolute atomic E-state index is 0.000347. The van der Waals surface area contributed by atoms with E-state index >= 15 is 0 Å². The number of nitro groups is 6. The van der Waals surface area contributed by atoms with Crippen LogP contribution in [0.5, 0.6) is 0 Å². The van der Waals surface area contributed by atoms with Gasteiger partial charge in [-0.1, -0.05) is 0 Å². The molecule has 2 unspecified atom stereocenters. The molecule has 0 radical (unpaired) electrons. The Morgan fingerprint density at radius 1 is 0.720 bits per heavy atom. The Morgan fingerprint density at radius 2 is 1.12 bits per heavy atom. The van der Waals surface area contributed by atoms with E-state index in [1.165, 1.54) is 0 Å². The van der Waals surface area contributed by atoms with Crippen molar-refractivity contribution in [3.05, 3.63) is 72.8 Å². The molecule has 1 rings (SSSR count). The highest BCUT2D eigenvalue weighted by Crippen LogP contribution is 2.47. The first-order valence-electron chi connectivity index (χ1n) is 5.81. The van der Waals surface area contributed by atoms with E-state index in [0.717, 1.165) is 0 Å². The van der Waals surface area contributed by atoms with Crippen LogP contribution in [-0.2, 0) is 0 Å². The van der Waals surface area contributed by atoms with E-state index in [-0.39, 0.29) is 19.1 Å². The summed E-state index contributed by atoms with van der Waals surface area (Å²) in [6.45, 7) is 0.160. The Balaban J connectivity index is 4.36. The first-order chi connectivity index (χ1) is 11.3. The standard InChI is InChI=1S/C7H6N6O12/c1-5(9(16)17)3-2-4(8(14)15)6(10(18)19,11(20)21)7(5,12(22)23)13(24)25/h2-4H,1H3. The van der Waals surface area contributed by atoms with Crippen LogP contribution in [0.4, 0.5) is 0 Å². The van der Waals surface area contributed by atoms with E-state index in [9.17, 15) is 60.7 Å². The zero-order chi connectivity index (χ0) is 20.0. The normalized spacial score (nSPS) is 26.4. The molecule has 0 saturated carbocycles. The van der Waals surface area contributed by atoms with Crippen LogP contribution in [0.25, 0.3) is 0 Å². The van der Waals surface area contributed by atoms with Crippen LogP contribution in [-0.4, -0.2) is 52.4 Å². The zero-order valence-electron chi connectivity index (χ0n) is 11.8. The molecule has 18 heteroatoms. The lowest BCUT2D eigenvalue weighted by atomic mass is 9.69. The molecule has 0 heterocycles. The molecule has 0 aromatic rings. The summed E-state index contributed by atoms with van der Waals surface area (Å²) >= 11 is 0. The Kier molecular flexibility index (Phi) is 4.11. The predicted molar refractivity (Wildman–Crippen MR) is 68.8 cm³/mol. The van der Waals surface area contributed by atoms with Crippen molar-refractivity contribution in [1.82, 2.24) is 0 Å². The average Bonchev–Trinajstić information content (AvgIpc) is 2.44. The average molecular weight is 366 g/mol. The van der Waals surface area contributed by atoms with E-state index < -0.39 is 52.4 Å². The van der Waals surface area contributed by atoms with Gasteiger partial charge in [0.1, 0.15) is 19.7 Å². The van der Waals surface area contributed by atoms with Crippen LogP contribution in [0.15, 0.2) is 12.2 Å². The van der Waals surface area contributed by atoms with Crippen LogP contribution >= 0.6 is 0 Å². The summed E-state index contributed by atoms with van der Waals surface area (Å²) in [5.41, 5.74) is -13.3. The van der Waals surface area contributed by atoms with Gasteiger partial charge in [0.2, 0.25) is 0 Å². The molecule has 0 amide bonds. The molecule has 136 valence electrons. The highest BCUT2D eigenvalue weighted by Gasteiger charge is 3.08. The summed E-state index contributed by atoms with van der Waals surface area (Å²) in [4.78, 5) is 55.6. The molecule has 0 fully saturated rings. The van der Waals surface area contributed by atoms with Crippen molar-refractivity contribution in [1.29, 1.82) is 0 Å². The second-order valence-electron chi connectivity index (χ2n) is 4.92. The first-order valence-corrected chi connectivity index (χ1v) is 5.81. The summed E-state index contributed by atoms with van der Waals surface area (Å²) < 4.78 is 0. The van der Waals surface area contributed by atoms with Gasteiger partial charge in [-0.05, 0) is 0 Å². The molecule has 0 bridgehead atoms. The lowest BCUT2D eigenvalue weighted by Gasteiger charge is -2.31. The van der Waals surface area contributed by atoms with E-state index in [1.807, 2.05) is 0 Å². The van der Waals surface area contributed by atoms with Crippen LogP contribution in [0.2, 0.25) is 0 Å². The van der Waals surface area contributed by atoms with Gasteiger partial charge in [-0.25, -0.2) is 0 Å². The minimum Gasteiger partial charge on any atom is -0.263 e. The van der Waals surface area contributed by atoms with Crippen molar-refractivity contribution in [3.8, 4) is 0 Å². The number of hydrogen-bond donors (Lipinski definition) is 0. The van der Waals surface area contributed by atoms with Gasteiger partial charge in [-0.2, -0.15) is 0 Å². The molecule has 0 aromatic carbocycles. The summed E-state index contributed by atoms with van der Waals surface area (Å²) in [5.74, 6) is 0. The second kappa shape index (κ2) is 5.35. The van der Waals surface area contributed by atoms with Crippen LogP contribution < -0.4 is 0 Å². The van der Waals surface area contributed by atoms with Gasteiger partial charge in [0, 0.05) is 28.9 Å². The molecular weight excluding hydrogens is 360 g/mol. The Hall–Kier alpha value is -3.86. The second-order valence-corrected chi connectivity index (χ2v) is 4.92. The predicted octanol–water partition coefficient (Wildman–Crippen LogP) is -1.26. The topological polar surface area (TPSA) is 259 Å². The molecule has 0 aliphatic heterocycles. The Labute approximate surface area is 133 Å². The van der Waals surface area contributed by atoms with Gasteiger partial charge < -0.3 is 0 Å². The third-order valence-corrected chi connectivity index (χ3v) is 3.93. The van der Waals surface area contributed by atoms with Crippen molar-refractivity contribution in [3.63, 3.8) is 0 Å². The molecule has 0 spiro atoms. The molecule has 0 N–H and O–H groups in total. The van der Waals surface area contributed by atoms with Gasteiger partial charge in [0.25, 0.3) is 0 Å². The largest absolute Gasteiger partial charge is 0.674 e. The van der Waals surface area contributed by atoms with Crippen molar-refractivity contribution in [2.45, 2.75) is 29.8 Å². The van der Waals surface area contributed by atoms with E-state index in [0.29, 0.717) is 0 Å². The Morgan fingerprint density at radius 3 is 1.36 bits per heavy atom. The smallest absolute Gasteiger partial charge is 0.263 e. The third-order valence-electron chi connectivity index (χ3n) is 3.93. The first kappa shape index (κ1) is 19.2. The highest BCUT2D eigenvalue weighted by molar-refractivity contribution is 5.22. The molecule has 18 nitrogen and oxygen atoms in total. The fourth-order valence-electron chi connectivity index (χ4n) is 2.76. The maximum atomic E-state index is 11.4. The molecule has 0 saturated heterocycles. The molecule has 0 aromatic heterocycles. The summed E-state index contributed by atoms with van der Waals surface area (Å²) in [6, 6.07) is -3.22. The molecule has 25 heavy (non-hydrogen) atoms. The van der Waals surface area contributed by atoms with Crippen molar-refractivity contribution in [2.75, 3.05) is 0 Å².